The van der Waals surface area contributed by atoms with E-state index in [1.807, 2.05) is 32.9 Å². The summed E-state index contributed by atoms with van der Waals surface area (Å²) < 4.78 is 27.7. The van der Waals surface area contributed by atoms with Crippen LogP contribution in [0.1, 0.15) is 35.7 Å². The highest BCUT2D eigenvalue weighted by Gasteiger charge is 2.21. The molecule has 2 aromatic rings. The summed E-state index contributed by atoms with van der Waals surface area (Å²) in [5.41, 5.74) is 3.45. The monoisotopic (exact) mass is 307 g/mol. The minimum atomic E-state index is -3.63. The molecule has 114 valence electrons. The zero-order valence-electron chi connectivity index (χ0n) is 12.8. The summed E-state index contributed by atoms with van der Waals surface area (Å²) in [6, 6.07) is 5.48. The zero-order chi connectivity index (χ0) is 15.6. The molecule has 0 radical (unpaired) electrons. The highest BCUT2D eigenvalue weighted by molar-refractivity contribution is 7.92. The van der Waals surface area contributed by atoms with Gasteiger partial charge in [-0.2, -0.15) is 5.10 Å². The summed E-state index contributed by atoms with van der Waals surface area (Å²) in [7, 11) is -3.63. The first-order valence-electron chi connectivity index (χ1n) is 6.98. The molecule has 1 aromatic carbocycles. The molecule has 0 aliphatic heterocycles. The quantitative estimate of drug-likeness (QED) is 0.891. The number of nitrogens with one attached hydrogen (secondary N) is 2. The number of anilines is 1. The van der Waals surface area contributed by atoms with Crippen LogP contribution in [-0.2, 0) is 16.4 Å². The van der Waals surface area contributed by atoms with Gasteiger partial charge in [0, 0.05) is 11.8 Å². The van der Waals surface area contributed by atoms with Crippen LogP contribution in [0.3, 0.4) is 0 Å². The Balaban J connectivity index is 2.34. The number of rotatable bonds is 5. The van der Waals surface area contributed by atoms with E-state index in [2.05, 4.69) is 21.8 Å². The Bertz CT molecular complexity index is 725. The van der Waals surface area contributed by atoms with Crippen molar-refractivity contribution in [3.05, 3.63) is 40.6 Å². The van der Waals surface area contributed by atoms with Gasteiger partial charge in [-0.05, 0) is 38.3 Å². The van der Waals surface area contributed by atoms with Crippen LogP contribution < -0.4 is 4.72 Å². The van der Waals surface area contributed by atoms with Gasteiger partial charge in [0.25, 0.3) is 10.0 Å². The van der Waals surface area contributed by atoms with Crippen LogP contribution in [0.4, 0.5) is 5.82 Å². The molecule has 5 nitrogen and oxygen atoms in total. The maximum absolute atomic E-state index is 12.6. The molecule has 0 saturated heterocycles. The SMILES string of the molecule is CCCc1cc(NS(=O)(=O)c2c(C)cc(C)cc2C)n[nH]1. The van der Waals surface area contributed by atoms with Gasteiger partial charge in [-0.15, -0.1) is 0 Å². The number of hydrogen-bond donors (Lipinski definition) is 2. The Kier molecular flexibility index (Phi) is 4.37. The maximum atomic E-state index is 12.6. The predicted octanol–water partition coefficient (Wildman–Crippen LogP) is 3.09. The van der Waals surface area contributed by atoms with E-state index in [1.165, 1.54) is 0 Å². The van der Waals surface area contributed by atoms with Crippen molar-refractivity contribution in [3.8, 4) is 0 Å². The van der Waals surface area contributed by atoms with Crippen molar-refractivity contribution in [2.24, 2.45) is 0 Å². The first-order chi connectivity index (χ1) is 9.83. The van der Waals surface area contributed by atoms with Crippen molar-refractivity contribution in [2.45, 2.75) is 45.4 Å². The van der Waals surface area contributed by atoms with E-state index in [1.54, 1.807) is 6.07 Å². The lowest BCUT2D eigenvalue weighted by molar-refractivity contribution is 0.599. The third kappa shape index (κ3) is 3.44. The normalized spacial score (nSPS) is 11.6. The van der Waals surface area contributed by atoms with Crippen LogP contribution in [-0.4, -0.2) is 18.6 Å². The van der Waals surface area contributed by atoms with Gasteiger partial charge in [0.05, 0.1) is 4.90 Å². The fourth-order valence-electron chi connectivity index (χ4n) is 2.59. The fraction of sp³-hybridized carbons (Fsp3) is 0.400. The van der Waals surface area contributed by atoms with Gasteiger partial charge in [-0.3, -0.25) is 9.82 Å². The van der Waals surface area contributed by atoms with Gasteiger partial charge in [0.15, 0.2) is 5.82 Å². The van der Waals surface area contributed by atoms with E-state index in [4.69, 9.17) is 0 Å². The molecule has 0 atom stereocenters. The second kappa shape index (κ2) is 5.89. The average Bonchev–Trinajstić information content (AvgIpc) is 2.74. The van der Waals surface area contributed by atoms with Crippen LogP contribution in [0, 0.1) is 20.8 Å². The van der Waals surface area contributed by atoms with Gasteiger partial charge in [-0.25, -0.2) is 8.42 Å². The molecule has 0 aliphatic carbocycles. The Labute approximate surface area is 125 Å². The lowest BCUT2D eigenvalue weighted by atomic mass is 10.1. The summed E-state index contributed by atoms with van der Waals surface area (Å²) in [6.07, 6.45) is 1.82. The second-order valence-corrected chi connectivity index (χ2v) is 6.98. The minimum Gasteiger partial charge on any atom is -0.280 e. The molecule has 0 aliphatic rings. The number of aromatic amines is 1. The van der Waals surface area contributed by atoms with E-state index in [9.17, 15) is 8.42 Å². The van der Waals surface area contributed by atoms with E-state index < -0.39 is 10.0 Å². The Morgan fingerprint density at radius 2 is 1.76 bits per heavy atom. The molecule has 6 heteroatoms. The lowest BCUT2D eigenvalue weighted by Gasteiger charge is -2.12. The second-order valence-electron chi connectivity index (χ2n) is 5.36. The summed E-state index contributed by atoms with van der Waals surface area (Å²) in [4.78, 5) is 0.327. The Morgan fingerprint density at radius 3 is 2.33 bits per heavy atom. The smallest absolute Gasteiger partial charge is 0.263 e. The first kappa shape index (κ1) is 15.6. The molecule has 1 heterocycles. The van der Waals surface area contributed by atoms with E-state index in [0.29, 0.717) is 10.7 Å². The third-order valence-corrected chi connectivity index (χ3v) is 4.92. The molecule has 2 N–H and O–H groups in total. The topological polar surface area (TPSA) is 74.8 Å². The van der Waals surface area contributed by atoms with Crippen LogP contribution in [0.25, 0.3) is 0 Å². The fourth-order valence-corrected chi connectivity index (χ4v) is 4.04. The molecule has 21 heavy (non-hydrogen) atoms. The number of aromatic nitrogens is 2. The number of benzene rings is 1. The molecule has 0 bridgehead atoms. The molecular formula is C15H21N3O2S. The molecule has 0 fully saturated rings. The van der Waals surface area contributed by atoms with E-state index in [0.717, 1.165) is 35.2 Å². The van der Waals surface area contributed by atoms with Gasteiger partial charge >= 0.3 is 0 Å². The summed E-state index contributed by atoms with van der Waals surface area (Å²) in [5.74, 6) is 0.331. The maximum Gasteiger partial charge on any atom is 0.263 e. The van der Waals surface area contributed by atoms with Crippen molar-refractivity contribution < 1.29 is 8.42 Å². The summed E-state index contributed by atoms with van der Waals surface area (Å²) >= 11 is 0. The number of aryl methyl sites for hydroxylation is 4. The Morgan fingerprint density at radius 1 is 1.14 bits per heavy atom. The van der Waals surface area contributed by atoms with E-state index >= 15 is 0 Å². The van der Waals surface area contributed by atoms with Gasteiger partial charge in [-0.1, -0.05) is 31.0 Å². The minimum absolute atomic E-state index is 0.327. The molecule has 0 saturated carbocycles. The lowest BCUT2D eigenvalue weighted by Crippen LogP contribution is -2.16. The summed E-state index contributed by atoms with van der Waals surface area (Å²) in [5, 5.41) is 6.85. The highest BCUT2D eigenvalue weighted by atomic mass is 32.2. The molecule has 0 spiro atoms. The van der Waals surface area contributed by atoms with E-state index in [-0.39, 0.29) is 0 Å². The first-order valence-corrected chi connectivity index (χ1v) is 8.46. The molecule has 2 rings (SSSR count). The van der Waals surface area contributed by atoms with Crippen LogP contribution >= 0.6 is 0 Å². The molecular weight excluding hydrogens is 286 g/mol. The van der Waals surface area contributed by atoms with Crippen LogP contribution in [0.15, 0.2) is 23.1 Å². The van der Waals surface area contributed by atoms with Crippen molar-refractivity contribution in [1.29, 1.82) is 0 Å². The number of hydrogen-bond acceptors (Lipinski definition) is 3. The average molecular weight is 307 g/mol. The Hall–Kier alpha value is -1.82. The van der Waals surface area contributed by atoms with Crippen molar-refractivity contribution >= 4 is 15.8 Å². The summed E-state index contributed by atoms with van der Waals surface area (Å²) in [6.45, 7) is 7.63. The largest absolute Gasteiger partial charge is 0.280 e. The van der Waals surface area contributed by atoms with Gasteiger partial charge in [0.1, 0.15) is 0 Å². The van der Waals surface area contributed by atoms with Crippen LogP contribution in [0.2, 0.25) is 0 Å². The van der Waals surface area contributed by atoms with Gasteiger partial charge in [0.2, 0.25) is 0 Å². The van der Waals surface area contributed by atoms with Crippen molar-refractivity contribution in [3.63, 3.8) is 0 Å². The van der Waals surface area contributed by atoms with Crippen molar-refractivity contribution in [2.75, 3.05) is 4.72 Å². The zero-order valence-corrected chi connectivity index (χ0v) is 13.6. The molecule has 1 aromatic heterocycles. The number of H-pyrrole nitrogens is 1. The molecule has 0 unspecified atom stereocenters. The third-order valence-electron chi connectivity index (χ3n) is 3.26. The number of nitrogens with zero attached hydrogens (tertiary/aromatic N) is 1. The van der Waals surface area contributed by atoms with Crippen LogP contribution in [0.5, 0.6) is 0 Å². The van der Waals surface area contributed by atoms with Gasteiger partial charge < -0.3 is 0 Å². The number of sulfonamides is 1. The highest BCUT2D eigenvalue weighted by Crippen LogP contribution is 2.24. The molecule has 0 amide bonds. The van der Waals surface area contributed by atoms with Crippen molar-refractivity contribution in [1.82, 2.24) is 10.2 Å². The standard InChI is InChI=1S/C15H21N3O2S/c1-5-6-13-9-14(17-16-13)18-21(19,20)15-11(3)7-10(2)8-12(15)4/h7-9H,5-6H2,1-4H3,(H2,16,17,18). The predicted molar refractivity (Wildman–Crippen MR) is 84.0 cm³/mol.